The van der Waals surface area contributed by atoms with E-state index in [9.17, 15) is 0 Å². The molecule has 0 fully saturated rings. The van der Waals surface area contributed by atoms with Crippen LogP contribution >= 0.6 is 0 Å². The van der Waals surface area contributed by atoms with E-state index in [4.69, 9.17) is 5.73 Å². The first-order chi connectivity index (χ1) is 8.66. The predicted octanol–water partition coefficient (Wildman–Crippen LogP) is 2.22. The maximum Gasteiger partial charge on any atom is 0.182 e. The van der Waals surface area contributed by atoms with E-state index in [2.05, 4.69) is 19.9 Å². The smallest absolute Gasteiger partial charge is 0.182 e. The molecule has 0 saturated carbocycles. The average molecular weight is 239 g/mol. The molecule has 5 heteroatoms. The van der Waals surface area contributed by atoms with Crippen LogP contribution in [0.2, 0.25) is 0 Å². The summed E-state index contributed by atoms with van der Waals surface area (Å²) in [6.07, 6.45) is 3.61. The summed E-state index contributed by atoms with van der Waals surface area (Å²) in [6, 6.07) is 3.87. The summed E-state index contributed by atoms with van der Waals surface area (Å²) < 4.78 is 0. The number of aryl methyl sites for hydroxylation is 2. The van der Waals surface area contributed by atoms with Crippen LogP contribution in [0.1, 0.15) is 11.1 Å². The zero-order valence-corrected chi connectivity index (χ0v) is 10.2. The Morgan fingerprint density at radius 2 is 2.00 bits per heavy atom. The van der Waals surface area contributed by atoms with Crippen LogP contribution < -0.4 is 5.73 Å². The molecule has 90 valence electrons. The molecule has 0 aliphatic carbocycles. The Bertz CT molecular complexity index is 729. The van der Waals surface area contributed by atoms with Gasteiger partial charge in [-0.1, -0.05) is 6.07 Å². The standard InChI is InChI=1S/C13H13N5/c1-7-4-3-5-15-10(7)13-17-11(14)9-8(2)6-16-12(9)18-13/h3-6H,1-2H3,(H3,14,16,17,18). The minimum Gasteiger partial charge on any atom is -0.383 e. The lowest BCUT2D eigenvalue weighted by molar-refractivity contribution is 1.15. The van der Waals surface area contributed by atoms with Gasteiger partial charge in [-0.15, -0.1) is 0 Å². The van der Waals surface area contributed by atoms with Crippen LogP contribution in [0.5, 0.6) is 0 Å². The molecule has 0 aromatic carbocycles. The van der Waals surface area contributed by atoms with Crippen LogP contribution in [0.15, 0.2) is 24.5 Å². The molecule has 3 N–H and O–H groups in total. The molecule has 0 aliphatic rings. The Morgan fingerprint density at radius 1 is 1.17 bits per heavy atom. The van der Waals surface area contributed by atoms with Crippen LogP contribution in [-0.4, -0.2) is 19.9 Å². The van der Waals surface area contributed by atoms with Gasteiger partial charge in [0, 0.05) is 12.4 Å². The summed E-state index contributed by atoms with van der Waals surface area (Å²) in [5, 5.41) is 0.882. The second kappa shape index (κ2) is 3.80. The molecule has 0 unspecified atom stereocenters. The van der Waals surface area contributed by atoms with E-state index in [1.165, 1.54) is 0 Å². The van der Waals surface area contributed by atoms with Crippen LogP contribution in [0.4, 0.5) is 5.82 Å². The average Bonchev–Trinajstić information content (AvgIpc) is 2.72. The maximum absolute atomic E-state index is 5.99. The van der Waals surface area contributed by atoms with Crippen molar-refractivity contribution in [1.29, 1.82) is 0 Å². The quantitative estimate of drug-likeness (QED) is 0.682. The SMILES string of the molecule is Cc1cccnc1-c1nc(N)c2c(C)c[nH]c2n1. The molecule has 0 radical (unpaired) electrons. The van der Waals surface area contributed by atoms with E-state index < -0.39 is 0 Å². The lowest BCUT2D eigenvalue weighted by Crippen LogP contribution is -1.99. The Balaban J connectivity index is 2.29. The van der Waals surface area contributed by atoms with E-state index >= 15 is 0 Å². The van der Waals surface area contributed by atoms with Crippen LogP contribution in [0.25, 0.3) is 22.6 Å². The van der Waals surface area contributed by atoms with Crippen LogP contribution in [0, 0.1) is 13.8 Å². The first kappa shape index (κ1) is 10.7. The van der Waals surface area contributed by atoms with Gasteiger partial charge in [0.05, 0.1) is 5.39 Å². The number of aromatic amines is 1. The number of nitrogens with two attached hydrogens (primary N) is 1. The van der Waals surface area contributed by atoms with E-state index in [-0.39, 0.29) is 0 Å². The van der Waals surface area contributed by atoms with E-state index in [0.717, 1.165) is 27.9 Å². The summed E-state index contributed by atoms with van der Waals surface area (Å²) in [7, 11) is 0. The molecule has 0 amide bonds. The lowest BCUT2D eigenvalue weighted by atomic mass is 10.2. The highest BCUT2D eigenvalue weighted by Gasteiger charge is 2.12. The second-order valence-electron chi connectivity index (χ2n) is 4.30. The summed E-state index contributed by atoms with van der Waals surface area (Å²) in [4.78, 5) is 16.2. The zero-order valence-electron chi connectivity index (χ0n) is 10.2. The maximum atomic E-state index is 5.99. The number of aromatic nitrogens is 4. The van der Waals surface area contributed by atoms with Crippen LogP contribution in [0.3, 0.4) is 0 Å². The van der Waals surface area contributed by atoms with Gasteiger partial charge >= 0.3 is 0 Å². The molecule has 5 nitrogen and oxygen atoms in total. The first-order valence-electron chi connectivity index (χ1n) is 5.70. The van der Waals surface area contributed by atoms with Gasteiger partial charge in [-0.2, -0.15) is 0 Å². The van der Waals surface area contributed by atoms with Crippen molar-refractivity contribution in [2.24, 2.45) is 0 Å². The molecule has 3 aromatic heterocycles. The van der Waals surface area contributed by atoms with Crippen LogP contribution in [-0.2, 0) is 0 Å². The Morgan fingerprint density at radius 3 is 2.78 bits per heavy atom. The molecule has 0 aliphatic heterocycles. The number of H-pyrrole nitrogens is 1. The molecule has 18 heavy (non-hydrogen) atoms. The summed E-state index contributed by atoms with van der Waals surface area (Å²) >= 11 is 0. The highest BCUT2D eigenvalue weighted by molar-refractivity contribution is 5.90. The Labute approximate surface area is 104 Å². The predicted molar refractivity (Wildman–Crippen MR) is 71.0 cm³/mol. The Hall–Kier alpha value is -2.43. The summed E-state index contributed by atoms with van der Waals surface area (Å²) in [6.45, 7) is 3.95. The highest BCUT2D eigenvalue weighted by atomic mass is 15.0. The summed E-state index contributed by atoms with van der Waals surface area (Å²) in [5.41, 5.74) is 9.58. The van der Waals surface area contributed by atoms with Gasteiger partial charge in [0.25, 0.3) is 0 Å². The third-order valence-corrected chi connectivity index (χ3v) is 2.98. The third kappa shape index (κ3) is 1.52. The first-order valence-corrected chi connectivity index (χ1v) is 5.70. The van der Waals surface area contributed by atoms with Gasteiger partial charge < -0.3 is 10.7 Å². The molecule has 3 rings (SSSR count). The van der Waals surface area contributed by atoms with Crippen molar-refractivity contribution >= 4 is 16.9 Å². The number of pyridine rings is 1. The number of nitrogens with one attached hydrogen (secondary N) is 1. The van der Waals surface area contributed by atoms with Crippen molar-refractivity contribution in [3.63, 3.8) is 0 Å². The van der Waals surface area contributed by atoms with Crippen molar-refractivity contribution in [2.75, 3.05) is 5.73 Å². The number of nitrogen functional groups attached to an aromatic ring is 1. The molecule has 0 atom stereocenters. The fourth-order valence-electron chi connectivity index (χ4n) is 2.05. The number of fused-ring (bicyclic) bond motifs is 1. The largest absolute Gasteiger partial charge is 0.383 e. The molecule has 0 spiro atoms. The van der Waals surface area contributed by atoms with E-state index in [1.807, 2.05) is 32.2 Å². The summed E-state index contributed by atoms with van der Waals surface area (Å²) in [5.74, 6) is 1.04. The molecule has 3 aromatic rings. The number of rotatable bonds is 1. The number of hydrogen-bond acceptors (Lipinski definition) is 4. The minimum atomic E-state index is 0.485. The molecule has 0 saturated heterocycles. The number of nitrogens with zero attached hydrogens (tertiary/aromatic N) is 3. The van der Waals surface area contributed by atoms with E-state index in [1.54, 1.807) is 6.20 Å². The van der Waals surface area contributed by atoms with Gasteiger partial charge in [-0.3, -0.25) is 4.98 Å². The van der Waals surface area contributed by atoms with Crippen molar-refractivity contribution < 1.29 is 0 Å². The third-order valence-electron chi connectivity index (χ3n) is 2.98. The van der Waals surface area contributed by atoms with Gasteiger partial charge in [0.2, 0.25) is 0 Å². The van der Waals surface area contributed by atoms with Crippen molar-refractivity contribution in [2.45, 2.75) is 13.8 Å². The van der Waals surface area contributed by atoms with Crippen molar-refractivity contribution in [3.05, 3.63) is 35.7 Å². The number of anilines is 1. The fraction of sp³-hybridized carbons (Fsp3) is 0.154. The molecule has 3 heterocycles. The van der Waals surface area contributed by atoms with Crippen molar-refractivity contribution in [1.82, 2.24) is 19.9 Å². The molecular weight excluding hydrogens is 226 g/mol. The lowest BCUT2D eigenvalue weighted by Gasteiger charge is -2.04. The number of hydrogen-bond donors (Lipinski definition) is 2. The van der Waals surface area contributed by atoms with E-state index in [0.29, 0.717) is 11.6 Å². The normalized spacial score (nSPS) is 11.0. The molecular formula is C13H13N5. The fourth-order valence-corrected chi connectivity index (χ4v) is 2.05. The minimum absolute atomic E-state index is 0.485. The second-order valence-corrected chi connectivity index (χ2v) is 4.30. The Kier molecular flexibility index (Phi) is 2.26. The topological polar surface area (TPSA) is 80.5 Å². The van der Waals surface area contributed by atoms with Gasteiger partial charge in [0.1, 0.15) is 17.2 Å². The monoisotopic (exact) mass is 239 g/mol. The highest BCUT2D eigenvalue weighted by Crippen LogP contribution is 2.25. The van der Waals surface area contributed by atoms with Gasteiger partial charge in [-0.05, 0) is 31.0 Å². The van der Waals surface area contributed by atoms with Gasteiger partial charge in [0.15, 0.2) is 5.82 Å². The zero-order chi connectivity index (χ0) is 12.7. The van der Waals surface area contributed by atoms with Gasteiger partial charge in [-0.25, -0.2) is 9.97 Å². The molecule has 0 bridgehead atoms. The van der Waals surface area contributed by atoms with Crippen molar-refractivity contribution in [3.8, 4) is 11.5 Å².